The Balaban J connectivity index is 1.50. The second-order valence-corrected chi connectivity index (χ2v) is 7.49. The quantitative estimate of drug-likeness (QED) is 0.398. The molecule has 1 amide bonds. The average Bonchev–Trinajstić information content (AvgIpc) is 3.05. The molecule has 29 heavy (non-hydrogen) atoms. The molecule has 0 bridgehead atoms. The molecule has 0 spiro atoms. The smallest absolute Gasteiger partial charge is 0.252 e. The van der Waals surface area contributed by atoms with Crippen LogP contribution in [0.5, 0.6) is 5.75 Å². The highest BCUT2D eigenvalue weighted by Gasteiger charge is 2.14. The lowest BCUT2D eigenvalue weighted by atomic mass is 10.2. The summed E-state index contributed by atoms with van der Waals surface area (Å²) in [4.78, 5) is 13.5. The number of aromatic nitrogens is 1. The summed E-state index contributed by atoms with van der Waals surface area (Å²) >= 11 is 1.58. The van der Waals surface area contributed by atoms with E-state index in [1.54, 1.807) is 36.0 Å². The molecule has 1 aromatic heterocycles. The summed E-state index contributed by atoms with van der Waals surface area (Å²) in [6.45, 7) is 4.56. The maximum absolute atomic E-state index is 13.5. The predicted molar refractivity (Wildman–Crippen MR) is 111 cm³/mol. The summed E-state index contributed by atoms with van der Waals surface area (Å²) in [6.07, 6.45) is 0.578. The van der Waals surface area contributed by atoms with Gasteiger partial charge in [0.05, 0.1) is 17.9 Å². The van der Waals surface area contributed by atoms with Gasteiger partial charge in [0, 0.05) is 22.8 Å². The Kier molecular flexibility index (Phi) is 7.30. The fourth-order valence-electron chi connectivity index (χ4n) is 2.75. The maximum atomic E-state index is 13.5. The lowest BCUT2D eigenvalue weighted by Gasteiger charge is -2.11. The van der Waals surface area contributed by atoms with Crippen molar-refractivity contribution in [1.82, 2.24) is 10.5 Å². The Morgan fingerprint density at radius 2 is 1.93 bits per heavy atom. The summed E-state index contributed by atoms with van der Waals surface area (Å²) in [6, 6.07) is 13.8. The van der Waals surface area contributed by atoms with Crippen molar-refractivity contribution in [2.24, 2.45) is 0 Å². The Labute approximate surface area is 173 Å². The van der Waals surface area contributed by atoms with E-state index < -0.39 is 0 Å². The largest absolute Gasteiger partial charge is 0.490 e. The highest BCUT2D eigenvalue weighted by Crippen LogP contribution is 2.28. The molecule has 0 aliphatic rings. The number of aryl methyl sites for hydroxylation is 2. The molecule has 0 aliphatic carbocycles. The summed E-state index contributed by atoms with van der Waals surface area (Å²) in [5.74, 6) is 1.17. The molecule has 0 saturated carbocycles. The zero-order valence-corrected chi connectivity index (χ0v) is 17.2. The van der Waals surface area contributed by atoms with Crippen LogP contribution < -0.4 is 10.1 Å². The second kappa shape index (κ2) is 10.1. The molecule has 1 N–H and O–H groups in total. The van der Waals surface area contributed by atoms with E-state index in [9.17, 15) is 9.18 Å². The van der Waals surface area contributed by atoms with E-state index in [1.807, 2.05) is 32.0 Å². The van der Waals surface area contributed by atoms with E-state index in [0.717, 1.165) is 21.9 Å². The van der Waals surface area contributed by atoms with Crippen LogP contribution in [0, 0.1) is 19.7 Å². The molecule has 7 heteroatoms. The number of carbonyl (C=O) groups excluding carboxylic acids is 1. The minimum absolute atomic E-state index is 0.141. The standard InChI is InChI=1S/C22H23FN2O3S/c1-15-18(16(2)28-25-15)14-29-21-11-6-3-8-17(21)22(26)24-12-7-13-27-20-10-5-4-9-19(20)23/h3-6,8-11H,7,12-14H2,1-2H3,(H,24,26). The van der Waals surface area contributed by atoms with Gasteiger partial charge in [-0.2, -0.15) is 0 Å². The van der Waals surface area contributed by atoms with Gasteiger partial charge < -0.3 is 14.6 Å². The summed E-state index contributed by atoms with van der Waals surface area (Å²) < 4.78 is 24.1. The fraction of sp³-hybridized carbons (Fsp3) is 0.273. The summed E-state index contributed by atoms with van der Waals surface area (Å²) in [5.41, 5.74) is 2.54. The minimum atomic E-state index is -0.388. The van der Waals surface area contributed by atoms with Gasteiger partial charge in [0.15, 0.2) is 11.6 Å². The Bertz CT molecular complexity index is 955. The van der Waals surface area contributed by atoms with Crippen LogP contribution in [0.4, 0.5) is 4.39 Å². The third-order valence-electron chi connectivity index (χ3n) is 4.39. The molecular weight excluding hydrogens is 391 g/mol. The van der Waals surface area contributed by atoms with Gasteiger partial charge in [-0.3, -0.25) is 4.79 Å². The van der Waals surface area contributed by atoms with Crippen molar-refractivity contribution >= 4 is 17.7 Å². The Hall–Kier alpha value is -2.80. The Morgan fingerprint density at radius 3 is 2.69 bits per heavy atom. The van der Waals surface area contributed by atoms with Gasteiger partial charge in [0.1, 0.15) is 5.76 Å². The van der Waals surface area contributed by atoms with Crippen LogP contribution in [0.2, 0.25) is 0 Å². The molecule has 0 aliphatic heterocycles. The Morgan fingerprint density at radius 1 is 1.17 bits per heavy atom. The monoisotopic (exact) mass is 414 g/mol. The number of para-hydroxylation sites is 1. The molecule has 3 rings (SSSR count). The molecule has 0 radical (unpaired) electrons. The molecule has 1 heterocycles. The number of nitrogens with one attached hydrogen (secondary N) is 1. The lowest BCUT2D eigenvalue weighted by molar-refractivity contribution is 0.0948. The van der Waals surface area contributed by atoms with Crippen LogP contribution in [0.1, 0.15) is 33.8 Å². The third kappa shape index (κ3) is 5.60. The maximum Gasteiger partial charge on any atom is 0.252 e. The number of benzene rings is 2. The topological polar surface area (TPSA) is 64.4 Å². The normalized spacial score (nSPS) is 10.7. The van der Waals surface area contributed by atoms with Crippen LogP contribution in [0.15, 0.2) is 57.9 Å². The molecule has 0 atom stereocenters. The van der Waals surface area contributed by atoms with Gasteiger partial charge in [0.25, 0.3) is 5.91 Å². The van der Waals surface area contributed by atoms with Gasteiger partial charge >= 0.3 is 0 Å². The number of amides is 1. The van der Waals surface area contributed by atoms with Crippen LogP contribution in [-0.2, 0) is 5.75 Å². The highest BCUT2D eigenvalue weighted by atomic mass is 32.2. The van der Waals surface area contributed by atoms with Crippen molar-refractivity contribution in [1.29, 1.82) is 0 Å². The molecular formula is C22H23FN2O3S. The van der Waals surface area contributed by atoms with Crippen molar-refractivity contribution in [3.8, 4) is 5.75 Å². The number of thioether (sulfide) groups is 1. The van der Waals surface area contributed by atoms with E-state index in [4.69, 9.17) is 9.26 Å². The fourth-order valence-corrected chi connectivity index (χ4v) is 3.95. The first-order chi connectivity index (χ1) is 14.1. The van der Waals surface area contributed by atoms with E-state index in [-0.39, 0.29) is 17.5 Å². The van der Waals surface area contributed by atoms with Gasteiger partial charge in [-0.05, 0) is 44.5 Å². The highest BCUT2D eigenvalue weighted by molar-refractivity contribution is 7.98. The molecule has 5 nitrogen and oxygen atoms in total. The molecule has 0 saturated heterocycles. The first-order valence-electron chi connectivity index (χ1n) is 9.35. The number of rotatable bonds is 9. The SMILES string of the molecule is Cc1noc(C)c1CSc1ccccc1C(=O)NCCCOc1ccccc1F. The molecule has 2 aromatic carbocycles. The van der Waals surface area contributed by atoms with Crippen molar-refractivity contribution in [2.45, 2.75) is 30.9 Å². The van der Waals surface area contributed by atoms with Crippen LogP contribution >= 0.6 is 11.8 Å². The van der Waals surface area contributed by atoms with E-state index in [1.165, 1.54) is 6.07 Å². The van der Waals surface area contributed by atoms with Crippen molar-refractivity contribution in [3.05, 3.63) is 76.9 Å². The van der Waals surface area contributed by atoms with E-state index in [0.29, 0.717) is 30.9 Å². The number of hydrogen-bond donors (Lipinski definition) is 1. The summed E-state index contributed by atoms with van der Waals surface area (Å²) in [5, 5.41) is 6.87. The van der Waals surface area contributed by atoms with Gasteiger partial charge in [-0.1, -0.05) is 29.4 Å². The summed E-state index contributed by atoms with van der Waals surface area (Å²) in [7, 11) is 0. The van der Waals surface area contributed by atoms with Crippen molar-refractivity contribution < 1.29 is 18.4 Å². The molecule has 3 aromatic rings. The van der Waals surface area contributed by atoms with Gasteiger partial charge in [0.2, 0.25) is 0 Å². The molecule has 0 fully saturated rings. The van der Waals surface area contributed by atoms with Gasteiger partial charge in [-0.15, -0.1) is 11.8 Å². The van der Waals surface area contributed by atoms with Crippen molar-refractivity contribution in [3.63, 3.8) is 0 Å². The third-order valence-corrected chi connectivity index (χ3v) is 5.49. The zero-order chi connectivity index (χ0) is 20.6. The zero-order valence-electron chi connectivity index (χ0n) is 16.4. The average molecular weight is 415 g/mol. The van der Waals surface area contributed by atoms with Crippen LogP contribution in [0.3, 0.4) is 0 Å². The van der Waals surface area contributed by atoms with E-state index in [2.05, 4.69) is 10.5 Å². The van der Waals surface area contributed by atoms with Crippen LogP contribution in [0.25, 0.3) is 0 Å². The first-order valence-corrected chi connectivity index (χ1v) is 10.3. The number of nitrogens with zero attached hydrogens (tertiary/aromatic N) is 1. The van der Waals surface area contributed by atoms with Crippen LogP contribution in [-0.4, -0.2) is 24.2 Å². The minimum Gasteiger partial charge on any atom is -0.490 e. The molecule has 152 valence electrons. The van der Waals surface area contributed by atoms with E-state index >= 15 is 0 Å². The molecule has 0 unspecified atom stereocenters. The first kappa shape index (κ1) is 20.9. The number of halogens is 1. The van der Waals surface area contributed by atoms with Crippen molar-refractivity contribution in [2.75, 3.05) is 13.2 Å². The number of ether oxygens (including phenoxy) is 1. The number of hydrogen-bond acceptors (Lipinski definition) is 5. The van der Waals surface area contributed by atoms with Gasteiger partial charge in [-0.25, -0.2) is 4.39 Å². The number of carbonyl (C=O) groups is 1. The second-order valence-electron chi connectivity index (χ2n) is 6.48. The predicted octanol–water partition coefficient (Wildman–Crippen LogP) is 4.92. The lowest BCUT2D eigenvalue weighted by Crippen LogP contribution is -2.26.